The van der Waals surface area contributed by atoms with Crippen LogP contribution in [0.25, 0.3) is 0 Å². The van der Waals surface area contributed by atoms with Crippen molar-refractivity contribution in [3.8, 4) is 0 Å². The van der Waals surface area contributed by atoms with Crippen molar-refractivity contribution in [1.29, 1.82) is 0 Å². The second kappa shape index (κ2) is 11.5. The van der Waals surface area contributed by atoms with Crippen LogP contribution in [0.4, 0.5) is 11.4 Å². The molecule has 2 aromatic carbocycles. The van der Waals surface area contributed by atoms with Gasteiger partial charge in [-0.3, -0.25) is 29.8 Å². The van der Waals surface area contributed by atoms with Gasteiger partial charge >= 0.3 is 0 Å². The smallest absolute Gasteiger partial charge is 0.273 e. The molecule has 2 rings (SSSR count). The van der Waals surface area contributed by atoms with Crippen LogP contribution in [0, 0.1) is 20.2 Å². The number of carbonyl (C=O) groups excluding carboxylic acids is 2. The average molecular weight is 481 g/mol. The Kier molecular flexibility index (Phi) is 8.74. The predicted octanol–water partition coefficient (Wildman–Crippen LogP) is 3.19. The summed E-state index contributed by atoms with van der Waals surface area (Å²) in [7, 11) is 0. The molecule has 0 aromatic heterocycles. The highest BCUT2D eigenvalue weighted by Gasteiger charge is 2.13. The van der Waals surface area contributed by atoms with E-state index in [1.807, 2.05) is 0 Å². The molecule has 0 fully saturated rings. The van der Waals surface area contributed by atoms with E-state index in [4.69, 9.17) is 23.2 Å². The summed E-state index contributed by atoms with van der Waals surface area (Å²) in [6.07, 6.45) is 1.98. The molecule has 0 saturated carbocycles. The van der Waals surface area contributed by atoms with Crippen LogP contribution in [0.3, 0.4) is 0 Å². The Hall–Kier alpha value is -3.90. The van der Waals surface area contributed by atoms with E-state index in [2.05, 4.69) is 21.1 Å². The minimum absolute atomic E-state index is 0.0286. The first-order chi connectivity index (χ1) is 15.2. The Morgan fingerprint density at radius 1 is 0.812 bits per heavy atom. The van der Waals surface area contributed by atoms with Crippen LogP contribution in [-0.2, 0) is 9.59 Å². The summed E-state index contributed by atoms with van der Waals surface area (Å²) in [5.74, 6) is -1.14. The number of halogens is 2. The number of nitrogens with zero attached hydrogens (tertiary/aromatic N) is 4. The lowest BCUT2D eigenvalue weighted by molar-refractivity contribution is -0.384. The zero-order valence-electron chi connectivity index (χ0n) is 16.0. The first kappa shape index (κ1) is 24.4. The van der Waals surface area contributed by atoms with Crippen molar-refractivity contribution in [2.24, 2.45) is 10.2 Å². The minimum atomic E-state index is -0.645. The lowest BCUT2D eigenvalue weighted by atomic mass is 10.2. The van der Waals surface area contributed by atoms with Gasteiger partial charge in [-0.05, 0) is 12.1 Å². The number of benzene rings is 2. The molecule has 0 heterocycles. The number of hydrazone groups is 2. The number of carbonyl (C=O) groups is 2. The van der Waals surface area contributed by atoms with E-state index in [9.17, 15) is 29.8 Å². The van der Waals surface area contributed by atoms with Crippen LogP contribution in [-0.4, -0.2) is 34.1 Å². The molecule has 2 N–H and O–H groups in total. The SMILES string of the molecule is O=C(CCC(=O)N/N=C/c1ccc(Cl)c([N+](=O)[O-])c1)N/N=C\c1ccc(Cl)c([N+](=O)[O-])c1. The summed E-state index contributed by atoms with van der Waals surface area (Å²) in [5.41, 5.74) is 4.46. The van der Waals surface area contributed by atoms with E-state index in [0.717, 1.165) is 0 Å². The standard InChI is InChI=1S/C18H14Cl2N6O6/c19-13-3-1-11(7-15(13)25(29)30)9-21-23-17(27)5-6-18(28)24-22-10-12-2-4-14(20)16(8-12)26(31)32/h1-4,7-10H,5-6H2,(H,23,27)(H,24,28)/b21-9-,22-10+. The molecule has 2 aromatic rings. The van der Waals surface area contributed by atoms with Crippen LogP contribution in [0.2, 0.25) is 10.0 Å². The molecule has 0 spiro atoms. The summed E-state index contributed by atoms with van der Waals surface area (Å²) in [4.78, 5) is 43.9. The van der Waals surface area contributed by atoms with E-state index in [1.165, 1.54) is 48.8 Å². The van der Waals surface area contributed by atoms with Crippen LogP contribution in [0.5, 0.6) is 0 Å². The van der Waals surface area contributed by atoms with Crippen molar-refractivity contribution in [1.82, 2.24) is 10.9 Å². The van der Waals surface area contributed by atoms with Crippen molar-refractivity contribution >= 4 is 58.8 Å². The van der Waals surface area contributed by atoms with Gasteiger partial charge in [0.1, 0.15) is 10.0 Å². The van der Waals surface area contributed by atoms with Gasteiger partial charge in [-0.1, -0.05) is 35.3 Å². The number of nitro groups is 2. The molecular formula is C18H14Cl2N6O6. The second-order valence-electron chi connectivity index (χ2n) is 6.02. The summed E-state index contributed by atoms with van der Waals surface area (Å²) >= 11 is 11.4. The number of nitrogens with one attached hydrogen (secondary N) is 2. The van der Waals surface area contributed by atoms with Crippen LogP contribution >= 0.6 is 23.2 Å². The molecule has 0 atom stereocenters. The van der Waals surface area contributed by atoms with E-state index in [1.54, 1.807) is 0 Å². The van der Waals surface area contributed by atoms with Crippen molar-refractivity contribution < 1.29 is 19.4 Å². The normalized spacial score (nSPS) is 10.9. The fourth-order valence-corrected chi connectivity index (χ4v) is 2.57. The van der Waals surface area contributed by atoms with E-state index in [0.29, 0.717) is 11.1 Å². The predicted molar refractivity (Wildman–Crippen MR) is 117 cm³/mol. The Morgan fingerprint density at radius 3 is 1.53 bits per heavy atom. The van der Waals surface area contributed by atoms with Crippen molar-refractivity contribution in [3.63, 3.8) is 0 Å². The largest absolute Gasteiger partial charge is 0.288 e. The van der Waals surface area contributed by atoms with Crippen LogP contribution in [0.15, 0.2) is 46.6 Å². The van der Waals surface area contributed by atoms with Gasteiger partial charge in [0.05, 0.1) is 22.3 Å². The summed E-state index contributed by atoms with van der Waals surface area (Å²) < 4.78 is 0. The molecule has 12 nitrogen and oxygen atoms in total. The fraction of sp³-hybridized carbons (Fsp3) is 0.111. The monoisotopic (exact) mass is 480 g/mol. The summed E-state index contributed by atoms with van der Waals surface area (Å²) in [6, 6.07) is 8.00. The fourth-order valence-electron chi connectivity index (χ4n) is 2.20. The molecule has 0 radical (unpaired) electrons. The van der Waals surface area contributed by atoms with E-state index >= 15 is 0 Å². The Balaban J connectivity index is 1.79. The maximum Gasteiger partial charge on any atom is 0.288 e. The number of nitro benzene ring substituents is 2. The molecule has 0 saturated heterocycles. The number of rotatable bonds is 9. The Labute approximate surface area is 190 Å². The van der Waals surface area contributed by atoms with Gasteiger partial charge in [-0.15, -0.1) is 0 Å². The molecule has 0 unspecified atom stereocenters. The first-order valence-electron chi connectivity index (χ1n) is 8.69. The molecule has 0 aliphatic heterocycles. The van der Waals surface area contributed by atoms with E-state index < -0.39 is 21.7 Å². The molecule has 0 bridgehead atoms. The van der Waals surface area contributed by atoms with Crippen molar-refractivity contribution in [2.75, 3.05) is 0 Å². The van der Waals surface area contributed by atoms with E-state index in [-0.39, 0.29) is 34.3 Å². The highest BCUT2D eigenvalue weighted by atomic mass is 35.5. The number of amides is 2. The van der Waals surface area contributed by atoms with Crippen molar-refractivity contribution in [3.05, 3.63) is 77.8 Å². The third-order valence-corrected chi connectivity index (χ3v) is 4.36. The summed E-state index contributed by atoms with van der Waals surface area (Å²) in [5, 5.41) is 29.0. The Bertz CT molecular complexity index is 1030. The van der Waals surface area contributed by atoms with Gasteiger partial charge in [0.15, 0.2) is 0 Å². The van der Waals surface area contributed by atoms with Crippen LogP contribution < -0.4 is 10.9 Å². The molecule has 166 valence electrons. The highest BCUT2D eigenvalue weighted by Crippen LogP contribution is 2.25. The maximum atomic E-state index is 11.7. The molecule has 0 aliphatic carbocycles. The Morgan fingerprint density at radius 2 is 1.19 bits per heavy atom. The van der Waals surface area contributed by atoms with Crippen molar-refractivity contribution in [2.45, 2.75) is 12.8 Å². The topological polar surface area (TPSA) is 169 Å². The highest BCUT2D eigenvalue weighted by molar-refractivity contribution is 6.33. The maximum absolute atomic E-state index is 11.7. The first-order valence-corrected chi connectivity index (χ1v) is 9.44. The zero-order chi connectivity index (χ0) is 23.7. The van der Waals surface area contributed by atoms with Gasteiger partial charge in [0.25, 0.3) is 11.4 Å². The third-order valence-electron chi connectivity index (χ3n) is 3.72. The average Bonchev–Trinajstić information content (AvgIpc) is 2.74. The molecular weight excluding hydrogens is 467 g/mol. The summed E-state index contributed by atoms with van der Waals surface area (Å²) in [6.45, 7) is 0. The molecule has 32 heavy (non-hydrogen) atoms. The second-order valence-corrected chi connectivity index (χ2v) is 6.84. The van der Waals surface area contributed by atoms with Crippen LogP contribution in [0.1, 0.15) is 24.0 Å². The third kappa shape index (κ3) is 7.41. The number of hydrogen-bond donors (Lipinski definition) is 2. The number of hydrogen-bond acceptors (Lipinski definition) is 8. The van der Waals surface area contributed by atoms with Gasteiger partial charge in [0.2, 0.25) is 11.8 Å². The van der Waals surface area contributed by atoms with Gasteiger partial charge in [-0.25, -0.2) is 10.9 Å². The molecule has 14 heteroatoms. The van der Waals surface area contributed by atoms with Gasteiger partial charge in [-0.2, -0.15) is 10.2 Å². The quantitative estimate of drug-likeness (QED) is 0.317. The zero-order valence-corrected chi connectivity index (χ0v) is 17.5. The lowest BCUT2D eigenvalue weighted by Gasteiger charge is -2.01. The van der Waals surface area contributed by atoms with Gasteiger partial charge in [0, 0.05) is 36.1 Å². The minimum Gasteiger partial charge on any atom is -0.273 e. The molecule has 0 aliphatic rings. The van der Waals surface area contributed by atoms with Gasteiger partial charge < -0.3 is 0 Å². The lowest BCUT2D eigenvalue weighted by Crippen LogP contribution is -2.22. The molecule has 2 amide bonds.